The van der Waals surface area contributed by atoms with Gasteiger partial charge in [-0.3, -0.25) is 9.20 Å². The number of fused-ring (bicyclic) bond motifs is 1. The lowest BCUT2D eigenvalue weighted by molar-refractivity contribution is -0.149. The van der Waals surface area contributed by atoms with Crippen LogP contribution in [0.25, 0.3) is 28.3 Å². The number of alkyl halides is 3. The van der Waals surface area contributed by atoms with Crippen molar-refractivity contribution in [1.29, 1.82) is 0 Å². The van der Waals surface area contributed by atoms with Gasteiger partial charge in [-0.05, 0) is 62.7 Å². The number of methoxy groups -OCH3 is 1. The predicted molar refractivity (Wildman–Crippen MR) is 145 cm³/mol. The number of carbonyl (C=O) groups is 2. The monoisotopic (exact) mass is 570 g/mol. The molecule has 0 aliphatic rings. The highest BCUT2D eigenvalue weighted by atomic mass is 19.4. The number of carbonyl (C=O) groups excluding carboxylic acids is 2. The minimum Gasteiger partial charge on any atom is -0.465 e. The predicted octanol–water partition coefficient (Wildman–Crippen LogP) is 5.13. The van der Waals surface area contributed by atoms with Gasteiger partial charge in [-0.2, -0.15) is 13.2 Å². The van der Waals surface area contributed by atoms with E-state index in [0.29, 0.717) is 39.5 Å². The Kier molecular flexibility index (Phi) is 8.57. The molecule has 0 bridgehead atoms. The van der Waals surface area contributed by atoms with Gasteiger partial charge in [-0.25, -0.2) is 19.7 Å². The van der Waals surface area contributed by atoms with E-state index in [1.54, 1.807) is 75.0 Å². The quantitative estimate of drug-likeness (QED) is 0.268. The van der Waals surface area contributed by atoms with Gasteiger partial charge in [-0.1, -0.05) is 0 Å². The number of ether oxygens (including phenoxy) is 2. The van der Waals surface area contributed by atoms with Crippen LogP contribution in [0.1, 0.15) is 32.0 Å². The molecule has 216 valence electrons. The molecule has 0 atom stereocenters. The summed E-state index contributed by atoms with van der Waals surface area (Å²) in [6.45, 7) is 4.24. The van der Waals surface area contributed by atoms with Gasteiger partial charge < -0.3 is 20.1 Å². The van der Waals surface area contributed by atoms with Gasteiger partial charge in [-0.15, -0.1) is 0 Å². The summed E-state index contributed by atoms with van der Waals surface area (Å²) < 4.78 is 49.7. The summed E-state index contributed by atoms with van der Waals surface area (Å²) in [5.41, 5.74) is 3.09. The molecule has 0 saturated heterocycles. The highest BCUT2D eigenvalue weighted by molar-refractivity contribution is 5.90. The van der Waals surface area contributed by atoms with Gasteiger partial charge in [0.1, 0.15) is 17.6 Å². The first-order valence-electron chi connectivity index (χ1n) is 12.6. The molecule has 4 aromatic rings. The first-order chi connectivity index (χ1) is 19.4. The molecule has 2 N–H and O–H groups in total. The first kappa shape index (κ1) is 29.5. The number of rotatable bonds is 9. The summed E-state index contributed by atoms with van der Waals surface area (Å²) in [5, 5.41) is 4.24. The zero-order valence-electron chi connectivity index (χ0n) is 22.9. The van der Waals surface area contributed by atoms with Gasteiger partial charge in [0, 0.05) is 36.3 Å². The van der Waals surface area contributed by atoms with Gasteiger partial charge in [0.25, 0.3) is 0 Å². The second kappa shape index (κ2) is 11.9. The molecule has 13 heteroatoms. The number of esters is 1. The van der Waals surface area contributed by atoms with Crippen LogP contribution in [0.15, 0.2) is 55.0 Å². The van der Waals surface area contributed by atoms with Crippen LogP contribution in [-0.2, 0) is 26.3 Å². The molecule has 0 saturated carbocycles. The normalized spacial score (nSPS) is 11.9. The number of amides is 2. The summed E-state index contributed by atoms with van der Waals surface area (Å²) in [6, 6.07) is 9.37. The molecular formula is C28H29F3N6O4. The lowest BCUT2D eigenvalue weighted by Crippen LogP contribution is -2.36. The van der Waals surface area contributed by atoms with Crippen molar-refractivity contribution in [2.75, 3.05) is 25.6 Å². The SMILES string of the molecule is CCOC(=O)C(C)(C)c1ccnc(-c2ccn3c(-c4cc(COC)cc(NC(=O)NCC(F)(F)F)c4)cnc3c2)n1. The molecule has 1 aromatic carbocycles. The highest BCUT2D eigenvalue weighted by Crippen LogP contribution is 2.29. The van der Waals surface area contributed by atoms with Gasteiger partial charge in [0.05, 0.1) is 30.8 Å². The number of halogens is 3. The van der Waals surface area contributed by atoms with Gasteiger partial charge in [0.15, 0.2) is 5.82 Å². The molecule has 0 fully saturated rings. The number of imidazole rings is 1. The largest absolute Gasteiger partial charge is 0.465 e. The first-order valence-corrected chi connectivity index (χ1v) is 12.6. The Morgan fingerprint density at radius 3 is 2.54 bits per heavy atom. The van der Waals surface area contributed by atoms with E-state index in [2.05, 4.69) is 20.3 Å². The molecule has 0 aliphatic heterocycles. The third-order valence-corrected chi connectivity index (χ3v) is 6.16. The number of nitrogens with one attached hydrogen (secondary N) is 2. The fourth-order valence-corrected chi connectivity index (χ4v) is 4.11. The van der Waals surface area contributed by atoms with Gasteiger partial charge in [0.2, 0.25) is 0 Å². The average molecular weight is 571 g/mol. The van der Waals surface area contributed by atoms with Crippen molar-refractivity contribution in [3.05, 3.63) is 66.2 Å². The van der Waals surface area contributed by atoms with Crippen LogP contribution in [0.3, 0.4) is 0 Å². The second-order valence-corrected chi connectivity index (χ2v) is 9.67. The molecule has 0 radical (unpaired) electrons. The van der Waals surface area contributed by atoms with Crippen LogP contribution in [0.2, 0.25) is 0 Å². The Labute approximate surface area is 233 Å². The summed E-state index contributed by atoms with van der Waals surface area (Å²) in [4.78, 5) is 38.0. The number of nitrogens with zero attached hydrogens (tertiary/aromatic N) is 4. The fraction of sp³-hybridized carbons (Fsp3) is 0.321. The van der Waals surface area contributed by atoms with Crippen molar-refractivity contribution in [2.24, 2.45) is 0 Å². The van der Waals surface area contributed by atoms with Crippen LogP contribution >= 0.6 is 0 Å². The van der Waals surface area contributed by atoms with Crippen molar-refractivity contribution < 1.29 is 32.2 Å². The number of hydrogen-bond donors (Lipinski definition) is 2. The van der Waals surface area contributed by atoms with E-state index in [1.807, 2.05) is 10.5 Å². The van der Waals surface area contributed by atoms with Crippen molar-refractivity contribution in [3.8, 4) is 22.6 Å². The van der Waals surface area contributed by atoms with E-state index in [0.717, 1.165) is 0 Å². The summed E-state index contributed by atoms with van der Waals surface area (Å²) in [6.07, 6.45) is 0.477. The third kappa shape index (κ3) is 6.98. The maximum absolute atomic E-state index is 12.5. The van der Waals surface area contributed by atoms with Crippen LogP contribution in [0, 0.1) is 0 Å². The Hall–Kier alpha value is -4.52. The minimum absolute atomic E-state index is 0.212. The lowest BCUT2D eigenvalue weighted by atomic mass is 9.89. The molecule has 3 heterocycles. The highest BCUT2D eigenvalue weighted by Gasteiger charge is 2.33. The van der Waals surface area contributed by atoms with Crippen LogP contribution in [0.5, 0.6) is 0 Å². The van der Waals surface area contributed by atoms with Crippen molar-refractivity contribution in [1.82, 2.24) is 24.7 Å². The summed E-state index contributed by atoms with van der Waals surface area (Å²) >= 11 is 0. The Morgan fingerprint density at radius 1 is 1.05 bits per heavy atom. The Balaban J connectivity index is 1.65. The van der Waals surface area contributed by atoms with E-state index in [-0.39, 0.29) is 24.9 Å². The van der Waals surface area contributed by atoms with Crippen LogP contribution in [0.4, 0.5) is 23.7 Å². The molecule has 4 rings (SSSR count). The number of pyridine rings is 1. The molecule has 0 aliphatic carbocycles. The van der Waals surface area contributed by atoms with Crippen molar-refractivity contribution in [2.45, 2.75) is 39.0 Å². The smallest absolute Gasteiger partial charge is 0.405 e. The number of anilines is 1. The Bertz CT molecular complexity index is 1570. The average Bonchev–Trinajstić information content (AvgIpc) is 3.35. The number of aromatic nitrogens is 4. The summed E-state index contributed by atoms with van der Waals surface area (Å²) in [7, 11) is 1.51. The molecule has 41 heavy (non-hydrogen) atoms. The minimum atomic E-state index is -4.53. The lowest BCUT2D eigenvalue weighted by Gasteiger charge is -2.21. The standard InChI is InChI=1S/C28H29F3N6O4/c1-5-41-25(38)27(2,3)22-6-8-32-24(36-22)18-7-9-37-21(14-33-23(37)13-18)19-10-17(15-40-4)11-20(12-19)35-26(39)34-16-28(29,30)31/h6-14H,5,15-16H2,1-4H3,(H2,34,35,39). The van der Waals surface area contributed by atoms with E-state index in [9.17, 15) is 22.8 Å². The van der Waals surface area contributed by atoms with E-state index in [4.69, 9.17) is 9.47 Å². The van der Waals surface area contributed by atoms with Crippen LogP contribution < -0.4 is 10.6 Å². The molecule has 0 spiro atoms. The third-order valence-electron chi connectivity index (χ3n) is 6.16. The number of hydrogen-bond acceptors (Lipinski definition) is 7. The zero-order chi connectivity index (χ0) is 29.8. The van der Waals surface area contributed by atoms with E-state index < -0.39 is 24.2 Å². The molecule has 3 aromatic heterocycles. The summed E-state index contributed by atoms with van der Waals surface area (Å²) in [5.74, 6) is 0.0192. The second-order valence-electron chi connectivity index (χ2n) is 9.67. The Morgan fingerprint density at radius 2 is 1.83 bits per heavy atom. The molecule has 10 nitrogen and oxygen atoms in total. The molecule has 0 unspecified atom stereocenters. The number of benzene rings is 1. The van der Waals surface area contributed by atoms with E-state index in [1.165, 1.54) is 7.11 Å². The van der Waals surface area contributed by atoms with Gasteiger partial charge >= 0.3 is 18.2 Å². The van der Waals surface area contributed by atoms with Crippen molar-refractivity contribution in [3.63, 3.8) is 0 Å². The fourth-order valence-electron chi connectivity index (χ4n) is 4.11. The maximum atomic E-state index is 12.5. The van der Waals surface area contributed by atoms with Crippen LogP contribution in [-0.4, -0.2) is 57.8 Å². The van der Waals surface area contributed by atoms with E-state index >= 15 is 0 Å². The van der Waals surface area contributed by atoms with Crippen molar-refractivity contribution >= 4 is 23.3 Å². The topological polar surface area (TPSA) is 120 Å². The molecular weight excluding hydrogens is 541 g/mol. The molecule has 2 amide bonds. The zero-order valence-corrected chi connectivity index (χ0v) is 22.9. The maximum Gasteiger partial charge on any atom is 0.405 e. The number of urea groups is 1.